The highest BCUT2D eigenvalue weighted by atomic mass is 16.6. The van der Waals surface area contributed by atoms with E-state index < -0.39 is 4.92 Å². The Balaban J connectivity index is 2.23. The fourth-order valence-electron chi connectivity index (χ4n) is 1.61. The van der Waals surface area contributed by atoms with E-state index in [1.165, 1.54) is 12.1 Å². The average Bonchev–Trinajstić information content (AvgIpc) is 2.85. The number of nitro benzene ring substituents is 1. The number of nitro groups is 1. The maximum atomic E-state index is 10.7. The predicted molar refractivity (Wildman–Crippen MR) is 67.6 cm³/mol. The molecule has 6 nitrogen and oxygen atoms in total. The lowest BCUT2D eigenvalue weighted by molar-refractivity contribution is -0.384. The van der Waals surface area contributed by atoms with Gasteiger partial charge >= 0.3 is 0 Å². The molecule has 1 aromatic heterocycles. The summed E-state index contributed by atoms with van der Waals surface area (Å²) in [4.78, 5) is 10.3. The monoisotopic (exact) mass is 246 g/mol. The number of rotatable bonds is 5. The second kappa shape index (κ2) is 5.42. The summed E-state index contributed by atoms with van der Waals surface area (Å²) >= 11 is 0. The Morgan fingerprint density at radius 2 is 2.33 bits per heavy atom. The molecule has 2 aromatic rings. The zero-order chi connectivity index (χ0) is 13.0. The molecule has 0 saturated heterocycles. The molecule has 18 heavy (non-hydrogen) atoms. The van der Waals surface area contributed by atoms with Crippen molar-refractivity contribution >= 4 is 5.69 Å². The molecule has 0 fully saturated rings. The maximum absolute atomic E-state index is 10.7. The summed E-state index contributed by atoms with van der Waals surface area (Å²) in [6.45, 7) is 3.67. The normalized spacial score (nSPS) is 10.5. The number of hydrogen-bond donors (Lipinski definition) is 1. The lowest BCUT2D eigenvalue weighted by atomic mass is 10.3. The molecular formula is C12H14N4O2. The van der Waals surface area contributed by atoms with E-state index in [1.54, 1.807) is 23.0 Å². The third-order valence-electron chi connectivity index (χ3n) is 2.52. The molecule has 94 valence electrons. The Morgan fingerprint density at radius 1 is 1.50 bits per heavy atom. The van der Waals surface area contributed by atoms with Gasteiger partial charge in [0.25, 0.3) is 5.69 Å². The summed E-state index contributed by atoms with van der Waals surface area (Å²) in [7, 11) is 0. The molecule has 6 heteroatoms. The topological polar surface area (TPSA) is 73.0 Å². The Bertz CT molecular complexity index is 551. The van der Waals surface area contributed by atoms with Crippen molar-refractivity contribution in [1.82, 2.24) is 15.1 Å². The van der Waals surface area contributed by atoms with Crippen LogP contribution in [0.15, 0.2) is 36.7 Å². The molecular weight excluding hydrogens is 232 g/mol. The standard InChI is InChI=1S/C12H14N4O2/c1-2-13-7-10-8-14-15(9-10)11-4-3-5-12(6-11)16(17)18/h3-6,8-9,13H,2,7H2,1H3. The predicted octanol–water partition coefficient (Wildman–Crippen LogP) is 1.89. The minimum absolute atomic E-state index is 0.0660. The van der Waals surface area contributed by atoms with Gasteiger partial charge in [0.05, 0.1) is 16.8 Å². The van der Waals surface area contributed by atoms with Gasteiger partial charge in [0.1, 0.15) is 0 Å². The molecule has 0 atom stereocenters. The third kappa shape index (κ3) is 2.72. The van der Waals surface area contributed by atoms with Crippen LogP contribution in [-0.4, -0.2) is 21.2 Å². The van der Waals surface area contributed by atoms with E-state index in [4.69, 9.17) is 0 Å². The summed E-state index contributed by atoms with van der Waals surface area (Å²) < 4.78 is 1.64. The van der Waals surface area contributed by atoms with Gasteiger partial charge in [0, 0.05) is 30.4 Å². The number of aromatic nitrogens is 2. The fourth-order valence-corrected chi connectivity index (χ4v) is 1.61. The van der Waals surface area contributed by atoms with Gasteiger partial charge in [-0.05, 0) is 12.6 Å². The SMILES string of the molecule is CCNCc1cnn(-c2cccc([N+](=O)[O-])c2)c1. The van der Waals surface area contributed by atoms with E-state index in [2.05, 4.69) is 10.4 Å². The van der Waals surface area contributed by atoms with Crippen LogP contribution in [0.1, 0.15) is 12.5 Å². The number of benzene rings is 1. The minimum atomic E-state index is -0.410. The molecule has 0 unspecified atom stereocenters. The molecule has 0 aliphatic carbocycles. The minimum Gasteiger partial charge on any atom is -0.313 e. The average molecular weight is 246 g/mol. The Hall–Kier alpha value is -2.21. The molecule has 0 amide bonds. The second-order valence-electron chi connectivity index (χ2n) is 3.85. The molecule has 1 N–H and O–H groups in total. The highest BCUT2D eigenvalue weighted by Crippen LogP contribution is 2.16. The van der Waals surface area contributed by atoms with Crippen molar-refractivity contribution in [3.63, 3.8) is 0 Å². The van der Waals surface area contributed by atoms with Crippen LogP contribution in [0.5, 0.6) is 0 Å². The van der Waals surface area contributed by atoms with Gasteiger partial charge in [-0.2, -0.15) is 5.10 Å². The molecule has 2 rings (SSSR count). The quantitative estimate of drug-likeness (QED) is 0.646. The molecule has 0 spiro atoms. The lowest BCUT2D eigenvalue weighted by Crippen LogP contribution is -2.10. The van der Waals surface area contributed by atoms with Gasteiger partial charge in [-0.25, -0.2) is 4.68 Å². The first-order chi connectivity index (χ1) is 8.70. The van der Waals surface area contributed by atoms with E-state index in [0.29, 0.717) is 5.69 Å². The zero-order valence-electron chi connectivity index (χ0n) is 10.0. The van der Waals surface area contributed by atoms with Crippen LogP contribution in [0.25, 0.3) is 5.69 Å². The van der Waals surface area contributed by atoms with Gasteiger partial charge in [-0.3, -0.25) is 10.1 Å². The van der Waals surface area contributed by atoms with Crippen LogP contribution in [0.4, 0.5) is 5.69 Å². The summed E-state index contributed by atoms with van der Waals surface area (Å²) in [6, 6.07) is 6.41. The van der Waals surface area contributed by atoms with Crippen molar-refractivity contribution in [3.8, 4) is 5.69 Å². The first-order valence-electron chi connectivity index (χ1n) is 5.70. The van der Waals surface area contributed by atoms with E-state index in [1.807, 2.05) is 13.1 Å². The molecule has 0 radical (unpaired) electrons. The smallest absolute Gasteiger partial charge is 0.271 e. The molecule has 0 bridgehead atoms. The van der Waals surface area contributed by atoms with Crippen LogP contribution in [0.3, 0.4) is 0 Å². The van der Waals surface area contributed by atoms with Crippen LogP contribution in [0.2, 0.25) is 0 Å². The highest BCUT2D eigenvalue weighted by molar-refractivity contribution is 5.42. The maximum Gasteiger partial charge on any atom is 0.271 e. The number of nitrogens with zero attached hydrogens (tertiary/aromatic N) is 3. The molecule has 1 aromatic carbocycles. The molecule has 0 saturated carbocycles. The Labute approximate surface area is 104 Å². The highest BCUT2D eigenvalue weighted by Gasteiger charge is 2.07. The summed E-state index contributed by atoms with van der Waals surface area (Å²) in [5.74, 6) is 0. The summed E-state index contributed by atoms with van der Waals surface area (Å²) in [5.41, 5.74) is 1.80. The first kappa shape index (κ1) is 12.3. The number of hydrogen-bond acceptors (Lipinski definition) is 4. The van der Waals surface area contributed by atoms with Gasteiger partial charge in [-0.15, -0.1) is 0 Å². The van der Waals surface area contributed by atoms with Gasteiger partial charge in [0.15, 0.2) is 0 Å². The lowest BCUT2D eigenvalue weighted by Gasteiger charge is -2.00. The molecule has 0 aliphatic heterocycles. The van der Waals surface area contributed by atoms with E-state index >= 15 is 0 Å². The van der Waals surface area contributed by atoms with Crippen molar-refractivity contribution in [2.24, 2.45) is 0 Å². The van der Waals surface area contributed by atoms with Crippen LogP contribution >= 0.6 is 0 Å². The first-order valence-corrected chi connectivity index (χ1v) is 5.70. The summed E-state index contributed by atoms with van der Waals surface area (Å²) in [5, 5.41) is 18.1. The zero-order valence-corrected chi connectivity index (χ0v) is 10.0. The third-order valence-corrected chi connectivity index (χ3v) is 2.52. The summed E-state index contributed by atoms with van der Waals surface area (Å²) in [6.07, 6.45) is 3.61. The van der Waals surface area contributed by atoms with E-state index in [9.17, 15) is 10.1 Å². The van der Waals surface area contributed by atoms with Gasteiger partial charge in [-0.1, -0.05) is 13.0 Å². The van der Waals surface area contributed by atoms with Crippen molar-refractivity contribution in [2.75, 3.05) is 6.54 Å². The van der Waals surface area contributed by atoms with Crippen LogP contribution in [0, 0.1) is 10.1 Å². The van der Waals surface area contributed by atoms with Crippen LogP contribution < -0.4 is 5.32 Å². The largest absolute Gasteiger partial charge is 0.313 e. The Kier molecular flexibility index (Phi) is 3.69. The van der Waals surface area contributed by atoms with Gasteiger partial charge in [0.2, 0.25) is 0 Å². The van der Waals surface area contributed by atoms with Crippen molar-refractivity contribution in [3.05, 3.63) is 52.3 Å². The van der Waals surface area contributed by atoms with Crippen molar-refractivity contribution in [2.45, 2.75) is 13.5 Å². The molecule has 0 aliphatic rings. The van der Waals surface area contributed by atoms with Gasteiger partial charge < -0.3 is 5.32 Å². The van der Waals surface area contributed by atoms with Crippen molar-refractivity contribution < 1.29 is 4.92 Å². The van der Waals surface area contributed by atoms with Crippen LogP contribution in [-0.2, 0) is 6.54 Å². The van der Waals surface area contributed by atoms with E-state index in [-0.39, 0.29) is 5.69 Å². The Morgan fingerprint density at radius 3 is 3.06 bits per heavy atom. The van der Waals surface area contributed by atoms with E-state index in [0.717, 1.165) is 18.7 Å². The number of nitrogens with one attached hydrogen (secondary N) is 1. The number of non-ortho nitro benzene ring substituents is 1. The fraction of sp³-hybridized carbons (Fsp3) is 0.250. The van der Waals surface area contributed by atoms with Crippen molar-refractivity contribution in [1.29, 1.82) is 0 Å². The second-order valence-corrected chi connectivity index (χ2v) is 3.85. The molecule has 1 heterocycles.